The first kappa shape index (κ1) is 17.9. The highest BCUT2D eigenvalue weighted by molar-refractivity contribution is 6.09. The van der Waals surface area contributed by atoms with Gasteiger partial charge >= 0.3 is 0 Å². The van der Waals surface area contributed by atoms with E-state index >= 15 is 0 Å². The average molecular weight is 348 g/mol. The zero-order valence-electron chi connectivity index (χ0n) is 15.1. The van der Waals surface area contributed by atoms with Gasteiger partial charge in [-0.05, 0) is 42.3 Å². The van der Waals surface area contributed by atoms with E-state index < -0.39 is 0 Å². The van der Waals surface area contributed by atoms with Crippen LogP contribution in [-0.4, -0.2) is 21.9 Å². The molecule has 0 amide bonds. The second-order valence-electron chi connectivity index (χ2n) is 6.34. The van der Waals surface area contributed by atoms with Crippen LogP contribution in [0.25, 0.3) is 0 Å². The lowest BCUT2D eigenvalue weighted by Crippen LogP contribution is -2.04. The number of hydrogen-bond donors (Lipinski definition) is 0. The van der Waals surface area contributed by atoms with Crippen LogP contribution in [0.3, 0.4) is 0 Å². The van der Waals surface area contributed by atoms with Crippen molar-refractivity contribution >= 4 is 5.78 Å². The molecule has 3 aromatic rings. The van der Waals surface area contributed by atoms with Gasteiger partial charge in [0.25, 0.3) is 0 Å². The van der Waals surface area contributed by atoms with E-state index in [1.165, 1.54) is 12.8 Å². The highest BCUT2D eigenvalue weighted by Crippen LogP contribution is 2.17. The Kier molecular flexibility index (Phi) is 6.20. The molecule has 0 saturated heterocycles. The van der Waals surface area contributed by atoms with Crippen molar-refractivity contribution in [2.24, 2.45) is 0 Å². The summed E-state index contributed by atoms with van der Waals surface area (Å²) in [5.74, 6) is 0.835. The smallest absolute Gasteiger partial charge is 0.193 e. The molecule has 0 fully saturated rings. The zero-order chi connectivity index (χ0) is 18.2. The molecule has 0 radical (unpaired) electrons. The summed E-state index contributed by atoms with van der Waals surface area (Å²) >= 11 is 0. The Morgan fingerprint density at radius 2 is 1.92 bits per heavy atom. The summed E-state index contributed by atoms with van der Waals surface area (Å²) < 4.78 is 7.69. The van der Waals surface area contributed by atoms with Crippen LogP contribution in [0, 0.1) is 0 Å². The summed E-state index contributed by atoms with van der Waals surface area (Å²) in [7, 11) is 0. The first-order valence-corrected chi connectivity index (χ1v) is 9.08. The molecule has 3 rings (SSSR count). The van der Waals surface area contributed by atoms with Crippen molar-refractivity contribution < 1.29 is 9.53 Å². The van der Waals surface area contributed by atoms with Gasteiger partial charge in [-0.2, -0.15) is 0 Å². The van der Waals surface area contributed by atoms with Crippen molar-refractivity contribution in [2.45, 2.75) is 32.7 Å². The standard InChI is InChI=1S/C22H24N2O2/c1-2-3-4-14-26-21-10-8-19(9-11-21)22(25)20-7-5-6-18(15-20)16-24-13-12-23-17-24/h5-13,15,17H,2-4,14,16H2,1H3. The molecule has 4 heteroatoms. The van der Waals surface area contributed by atoms with Gasteiger partial charge in [-0.1, -0.05) is 38.0 Å². The Bertz CT molecular complexity index is 824. The molecule has 1 heterocycles. The maximum absolute atomic E-state index is 12.8. The summed E-state index contributed by atoms with van der Waals surface area (Å²) in [6.07, 6.45) is 8.84. The molecule has 0 saturated carbocycles. The van der Waals surface area contributed by atoms with Crippen LogP contribution in [-0.2, 0) is 6.54 Å². The lowest BCUT2D eigenvalue weighted by atomic mass is 10.0. The second-order valence-corrected chi connectivity index (χ2v) is 6.34. The number of ether oxygens (including phenoxy) is 1. The Morgan fingerprint density at radius 3 is 2.65 bits per heavy atom. The summed E-state index contributed by atoms with van der Waals surface area (Å²) in [4.78, 5) is 16.8. The van der Waals surface area contributed by atoms with E-state index in [4.69, 9.17) is 4.74 Å². The molecule has 26 heavy (non-hydrogen) atoms. The Labute approximate surface area is 154 Å². The SMILES string of the molecule is CCCCCOc1ccc(C(=O)c2cccc(Cn3ccnc3)c2)cc1. The van der Waals surface area contributed by atoms with Crippen molar-refractivity contribution in [3.05, 3.63) is 83.9 Å². The van der Waals surface area contributed by atoms with E-state index in [0.29, 0.717) is 17.7 Å². The van der Waals surface area contributed by atoms with E-state index in [2.05, 4.69) is 11.9 Å². The molecular weight excluding hydrogens is 324 g/mol. The normalized spacial score (nSPS) is 10.7. The fourth-order valence-electron chi connectivity index (χ4n) is 2.81. The molecule has 0 spiro atoms. The lowest BCUT2D eigenvalue weighted by Gasteiger charge is -2.08. The largest absolute Gasteiger partial charge is 0.494 e. The lowest BCUT2D eigenvalue weighted by molar-refractivity contribution is 0.103. The Balaban J connectivity index is 1.65. The molecule has 0 N–H and O–H groups in total. The fourth-order valence-corrected chi connectivity index (χ4v) is 2.81. The number of imidazole rings is 1. The molecule has 0 aliphatic heterocycles. The van der Waals surface area contributed by atoms with Gasteiger partial charge in [0.15, 0.2) is 5.78 Å². The van der Waals surface area contributed by atoms with Crippen LogP contribution in [0.1, 0.15) is 47.7 Å². The molecule has 0 aliphatic carbocycles. The highest BCUT2D eigenvalue weighted by atomic mass is 16.5. The third-order valence-electron chi connectivity index (χ3n) is 4.25. The van der Waals surface area contributed by atoms with Crippen LogP contribution < -0.4 is 4.74 Å². The van der Waals surface area contributed by atoms with Gasteiger partial charge in [-0.3, -0.25) is 4.79 Å². The van der Waals surface area contributed by atoms with E-state index in [1.807, 2.05) is 59.3 Å². The van der Waals surface area contributed by atoms with Gasteiger partial charge < -0.3 is 9.30 Å². The van der Waals surface area contributed by atoms with E-state index in [-0.39, 0.29) is 5.78 Å². The van der Waals surface area contributed by atoms with Crippen molar-refractivity contribution in [2.75, 3.05) is 6.61 Å². The van der Waals surface area contributed by atoms with Gasteiger partial charge in [-0.25, -0.2) is 4.98 Å². The topological polar surface area (TPSA) is 44.1 Å². The number of unbranched alkanes of at least 4 members (excludes halogenated alkanes) is 2. The summed E-state index contributed by atoms with van der Waals surface area (Å²) in [5.41, 5.74) is 2.44. The zero-order valence-corrected chi connectivity index (χ0v) is 15.1. The third kappa shape index (κ3) is 4.82. The van der Waals surface area contributed by atoms with Gasteiger partial charge in [0.05, 0.1) is 12.9 Å². The molecule has 0 atom stereocenters. The van der Waals surface area contributed by atoms with E-state index in [0.717, 1.165) is 24.3 Å². The van der Waals surface area contributed by atoms with E-state index in [9.17, 15) is 4.79 Å². The minimum absolute atomic E-state index is 0.0232. The average Bonchev–Trinajstić information content (AvgIpc) is 3.18. The first-order chi connectivity index (χ1) is 12.8. The predicted molar refractivity (Wildman–Crippen MR) is 103 cm³/mol. The first-order valence-electron chi connectivity index (χ1n) is 9.08. The number of carbonyl (C=O) groups excluding carboxylic acids is 1. The summed E-state index contributed by atoms with van der Waals surface area (Å²) in [5, 5.41) is 0. The molecule has 2 aromatic carbocycles. The maximum Gasteiger partial charge on any atom is 0.193 e. The summed E-state index contributed by atoms with van der Waals surface area (Å²) in [6, 6.07) is 15.1. The van der Waals surface area contributed by atoms with Crippen LogP contribution in [0.5, 0.6) is 5.75 Å². The van der Waals surface area contributed by atoms with E-state index in [1.54, 1.807) is 12.5 Å². The molecule has 134 valence electrons. The Hall–Kier alpha value is -2.88. The molecule has 4 nitrogen and oxygen atoms in total. The van der Waals surface area contributed by atoms with Crippen molar-refractivity contribution in [1.82, 2.24) is 9.55 Å². The number of benzene rings is 2. The molecule has 0 bridgehead atoms. The quantitative estimate of drug-likeness (QED) is 0.415. The van der Waals surface area contributed by atoms with Gasteiger partial charge in [0, 0.05) is 30.1 Å². The van der Waals surface area contributed by atoms with Crippen molar-refractivity contribution in [1.29, 1.82) is 0 Å². The van der Waals surface area contributed by atoms with Crippen LogP contribution in [0.2, 0.25) is 0 Å². The number of rotatable bonds is 9. The van der Waals surface area contributed by atoms with Gasteiger partial charge in [0.2, 0.25) is 0 Å². The monoisotopic (exact) mass is 348 g/mol. The summed E-state index contributed by atoms with van der Waals surface area (Å²) in [6.45, 7) is 3.59. The fraction of sp³-hybridized carbons (Fsp3) is 0.273. The molecule has 1 aromatic heterocycles. The maximum atomic E-state index is 12.8. The van der Waals surface area contributed by atoms with Crippen LogP contribution in [0.15, 0.2) is 67.3 Å². The third-order valence-corrected chi connectivity index (χ3v) is 4.25. The second kappa shape index (κ2) is 8.99. The minimum Gasteiger partial charge on any atom is -0.494 e. The van der Waals surface area contributed by atoms with Crippen LogP contribution in [0.4, 0.5) is 0 Å². The Morgan fingerprint density at radius 1 is 1.08 bits per heavy atom. The molecule has 0 aliphatic rings. The highest BCUT2D eigenvalue weighted by Gasteiger charge is 2.10. The van der Waals surface area contributed by atoms with Crippen LogP contribution >= 0.6 is 0 Å². The van der Waals surface area contributed by atoms with Gasteiger partial charge in [-0.15, -0.1) is 0 Å². The number of hydrogen-bond acceptors (Lipinski definition) is 3. The van der Waals surface area contributed by atoms with Gasteiger partial charge in [0.1, 0.15) is 5.75 Å². The number of ketones is 1. The predicted octanol–water partition coefficient (Wildman–Crippen LogP) is 4.73. The molecular formula is C22H24N2O2. The van der Waals surface area contributed by atoms with Crippen molar-refractivity contribution in [3.8, 4) is 5.75 Å². The number of aromatic nitrogens is 2. The number of nitrogens with zero attached hydrogens (tertiary/aromatic N) is 2. The molecule has 0 unspecified atom stereocenters. The minimum atomic E-state index is 0.0232. The van der Waals surface area contributed by atoms with Crippen molar-refractivity contribution in [3.63, 3.8) is 0 Å². The number of carbonyl (C=O) groups is 1.